The Bertz CT molecular complexity index is 484. The number of methoxy groups -OCH3 is 1. The Morgan fingerprint density at radius 1 is 1.23 bits per heavy atom. The normalized spacial score (nSPS) is 15.7. The first-order chi connectivity index (χ1) is 10.7. The third-order valence-corrected chi connectivity index (χ3v) is 4.45. The number of hydrogen-bond donors (Lipinski definition) is 0. The minimum absolute atomic E-state index is 0.164. The minimum atomic E-state index is 0.164. The van der Waals surface area contributed by atoms with Gasteiger partial charge in [-0.25, -0.2) is 0 Å². The number of hydrogen-bond acceptors (Lipinski definition) is 3. The fourth-order valence-corrected chi connectivity index (χ4v) is 3.07. The van der Waals surface area contributed by atoms with Crippen LogP contribution in [0.3, 0.4) is 0 Å². The molecule has 1 saturated heterocycles. The van der Waals surface area contributed by atoms with Crippen molar-refractivity contribution in [1.82, 2.24) is 4.90 Å². The predicted molar refractivity (Wildman–Crippen MR) is 90.8 cm³/mol. The Hall–Kier alpha value is -1.06. The minimum Gasteiger partial charge on any atom is -0.495 e. The molecule has 0 aliphatic carbocycles. The second-order valence-electron chi connectivity index (χ2n) is 5.79. The van der Waals surface area contributed by atoms with Crippen LogP contribution in [0.15, 0.2) is 18.2 Å². The molecule has 1 radical (unpaired) electrons. The topological polar surface area (TPSA) is 29.5 Å². The first kappa shape index (κ1) is 17.3. The molecule has 0 atom stereocenters. The summed E-state index contributed by atoms with van der Waals surface area (Å²) in [5, 5.41) is 0.496. The van der Waals surface area contributed by atoms with Crippen LogP contribution in [0.25, 0.3) is 0 Å². The lowest BCUT2D eigenvalue weighted by atomic mass is 10.0. The first-order valence-corrected chi connectivity index (χ1v) is 8.49. The maximum atomic E-state index is 12.1. The van der Waals surface area contributed by atoms with E-state index in [-0.39, 0.29) is 5.78 Å². The van der Waals surface area contributed by atoms with Gasteiger partial charge >= 0.3 is 0 Å². The van der Waals surface area contributed by atoms with Gasteiger partial charge < -0.3 is 9.64 Å². The molecule has 1 heterocycles. The molecule has 3 nitrogen and oxygen atoms in total. The van der Waals surface area contributed by atoms with Gasteiger partial charge in [-0.3, -0.25) is 4.79 Å². The number of ether oxygens (including phenoxy) is 1. The van der Waals surface area contributed by atoms with Crippen molar-refractivity contribution in [3.05, 3.63) is 35.2 Å². The maximum absolute atomic E-state index is 12.1. The lowest BCUT2D eigenvalue weighted by Crippen LogP contribution is -2.30. The van der Waals surface area contributed by atoms with Crippen molar-refractivity contribution in [3.8, 4) is 5.75 Å². The van der Waals surface area contributed by atoms with Crippen molar-refractivity contribution in [3.63, 3.8) is 0 Å². The quantitative estimate of drug-likeness (QED) is 0.525. The number of carbonyl (C=O) groups is 1. The summed E-state index contributed by atoms with van der Waals surface area (Å²) in [6.07, 6.45) is 8.63. The number of unbranched alkanes of at least 4 members (excludes halogenated alkanes) is 2. The van der Waals surface area contributed by atoms with Crippen LogP contribution in [0, 0.1) is 6.42 Å². The summed E-state index contributed by atoms with van der Waals surface area (Å²) in [7, 11) is 1.57. The highest BCUT2D eigenvalue weighted by molar-refractivity contribution is 6.32. The van der Waals surface area contributed by atoms with Gasteiger partial charge in [-0.2, -0.15) is 0 Å². The van der Waals surface area contributed by atoms with Crippen molar-refractivity contribution in [2.45, 2.75) is 38.5 Å². The van der Waals surface area contributed by atoms with Gasteiger partial charge in [0.1, 0.15) is 5.75 Å². The Kier molecular flexibility index (Phi) is 7.20. The molecule has 0 amide bonds. The van der Waals surface area contributed by atoms with Gasteiger partial charge in [0.25, 0.3) is 0 Å². The smallest absolute Gasteiger partial charge is 0.162 e. The number of rotatable bonds is 8. The number of ketones is 1. The van der Waals surface area contributed by atoms with Crippen LogP contribution >= 0.6 is 11.6 Å². The molecule has 22 heavy (non-hydrogen) atoms. The molecule has 0 saturated carbocycles. The maximum Gasteiger partial charge on any atom is 0.162 e. The second kappa shape index (κ2) is 9.16. The molecule has 4 heteroatoms. The Morgan fingerprint density at radius 3 is 2.68 bits per heavy atom. The van der Waals surface area contributed by atoms with Crippen molar-refractivity contribution in [2.75, 3.05) is 26.7 Å². The van der Waals surface area contributed by atoms with E-state index in [9.17, 15) is 4.79 Å². The van der Waals surface area contributed by atoms with Gasteiger partial charge in [0.15, 0.2) is 5.78 Å². The van der Waals surface area contributed by atoms with Crippen molar-refractivity contribution in [2.24, 2.45) is 0 Å². The van der Waals surface area contributed by atoms with Crippen molar-refractivity contribution >= 4 is 17.4 Å². The molecule has 2 rings (SSSR count). The molecule has 1 fully saturated rings. The van der Waals surface area contributed by atoms with E-state index in [1.165, 1.54) is 32.4 Å². The summed E-state index contributed by atoms with van der Waals surface area (Å²) in [6.45, 7) is 3.56. The van der Waals surface area contributed by atoms with E-state index in [0.717, 1.165) is 19.4 Å². The molecular formula is C18H25ClNO2. The number of halogens is 1. The highest BCUT2D eigenvalue weighted by Gasteiger charge is 2.11. The largest absolute Gasteiger partial charge is 0.495 e. The SMILES string of the molecule is COc1ccc(C(=O)CCCCCN2CC[CH]CC2)cc1Cl. The molecule has 0 N–H and O–H groups in total. The number of benzene rings is 1. The molecular weight excluding hydrogens is 298 g/mol. The standard InChI is InChI=1S/C18H25ClNO2/c1-22-18-10-9-15(14-16(18)19)17(21)8-4-2-5-11-20-12-6-3-7-13-20/h3,9-10,14H,2,4-8,11-13H2,1H3. The summed E-state index contributed by atoms with van der Waals surface area (Å²) in [4.78, 5) is 14.7. The van der Waals surface area contributed by atoms with E-state index in [1.54, 1.807) is 25.3 Å². The predicted octanol–water partition coefficient (Wildman–Crippen LogP) is 4.39. The van der Waals surface area contributed by atoms with Crippen LogP contribution in [0.4, 0.5) is 0 Å². The second-order valence-corrected chi connectivity index (χ2v) is 6.20. The summed E-state index contributed by atoms with van der Waals surface area (Å²) in [5.41, 5.74) is 0.678. The van der Waals surface area contributed by atoms with Gasteiger partial charge in [0.2, 0.25) is 0 Å². The molecule has 0 bridgehead atoms. The Balaban J connectivity index is 1.66. The fourth-order valence-electron chi connectivity index (χ4n) is 2.81. The third-order valence-electron chi connectivity index (χ3n) is 4.15. The fraction of sp³-hybridized carbons (Fsp3) is 0.556. The van der Waals surface area contributed by atoms with Gasteiger partial charge in [0.05, 0.1) is 12.1 Å². The van der Waals surface area contributed by atoms with Gasteiger partial charge in [-0.1, -0.05) is 18.0 Å². The van der Waals surface area contributed by atoms with Crippen LogP contribution in [0.5, 0.6) is 5.75 Å². The number of piperidine rings is 1. The van der Waals surface area contributed by atoms with Crippen molar-refractivity contribution < 1.29 is 9.53 Å². The lowest BCUT2D eigenvalue weighted by Gasteiger charge is -2.26. The van der Waals surface area contributed by atoms with Crippen LogP contribution in [0.1, 0.15) is 48.9 Å². The average Bonchev–Trinajstić information content (AvgIpc) is 2.55. The van der Waals surface area contributed by atoms with Crippen molar-refractivity contribution in [1.29, 1.82) is 0 Å². The van der Waals surface area contributed by atoms with Crippen LogP contribution < -0.4 is 4.74 Å². The van der Waals surface area contributed by atoms with E-state index in [1.807, 2.05) is 0 Å². The molecule has 1 aliphatic rings. The summed E-state index contributed by atoms with van der Waals surface area (Å²) in [5.74, 6) is 0.772. The zero-order valence-electron chi connectivity index (χ0n) is 13.3. The van der Waals surface area contributed by atoms with Gasteiger partial charge in [-0.15, -0.1) is 0 Å². The van der Waals surface area contributed by atoms with Crippen LogP contribution in [-0.4, -0.2) is 37.4 Å². The lowest BCUT2D eigenvalue weighted by molar-refractivity contribution is 0.0978. The van der Waals surface area contributed by atoms with E-state index < -0.39 is 0 Å². The highest BCUT2D eigenvalue weighted by atomic mass is 35.5. The van der Waals surface area contributed by atoms with E-state index >= 15 is 0 Å². The molecule has 0 aromatic heterocycles. The third kappa shape index (κ3) is 5.29. The average molecular weight is 323 g/mol. The Morgan fingerprint density at radius 2 is 2.00 bits per heavy atom. The zero-order valence-corrected chi connectivity index (χ0v) is 14.1. The number of carbonyl (C=O) groups excluding carboxylic acids is 1. The molecule has 121 valence electrons. The molecule has 0 spiro atoms. The Labute approximate surface area is 138 Å². The number of likely N-dealkylation sites (tertiary alicyclic amines) is 1. The molecule has 1 aromatic carbocycles. The van der Waals surface area contributed by atoms with Gasteiger partial charge in [0, 0.05) is 12.0 Å². The molecule has 1 aliphatic heterocycles. The summed E-state index contributed by atoms with van der Waals surface area (Å²) in [6, 6.07) is 5.24. The van der Waals surface area contributed by atoms with Gasteiger partial charge in [-0.05, 0) is 69.9 Å². The molecule has 0 unspecified atom stereocenters. The summed E-state index contributed by atoms with van der Waals surface area (Å²) >= 11 is 6.06. The van der Waals surface area contributed by atoms with Crippen LogP contribution in [0.2, 0.25) is 5.02 Å². The van der Waals surface area contributed by atoms with E-state index in [4.69, 9.17) is 16.3 Å². The zero-order chi connectivity index (χ0) is 15.8. The van der Waals surface area contributed by atoms with E-state index in [0.29, 0.717) is 22.8 Å². The highest BCUT2D eigenvalue weighted by Crippen LogP contribution is 2.25. The summed E-state index contributed by atoms with van der Waals surface area (Å²) < 4.78 is 5.10. The number of Topliss-reactive ketones (excluding diaryl/α,β-unsaturated/α-hetero) is 1. The van der Waals surface area contributed by atoms with E-state index in [2.05, 4.69) is 11.3 Å². The first-order valence-electron chi connectivity index (χ1n) is 8.11. The van der Waals surface area contributed by atoms with Crippen LogP contribution in [-0.2, 0) is 0 Å². The molecule has 1 aromatic rings. The number of nitrogens with zero attached hydrogens (tertiary/aromatic N) is 1. The monoisotopic (exact) mass is 322 g/mol.